The van der Waals surface area contributed by atoms with E-state index in [-0.39, 0.29) is 17.8 Å². The fraction of sp³-hybridized carbons (Fsp3) is 0.593. The van der Waals surface area contributed by atoms with Gasteiger partial charge in [-0.1, -0.05) is 12.5 Å². The molecule has 0 unspecified atom stereocenters. The van der Waals surface area contributed by atoms with E-state index < -0.39 is 11.6 Å². The minimum Gasteiger partial charge on any atom is -0.480 e. The van der Waals surface area contributed by atoms with Gasteiger partial charge in [-0.3, -0.25) is 4.79 Å². The molecule has 10 heteroatoms. The van der Waals surface area contributed by atoms with Gasteiger partial charge in [0.25, 0.3) is 0 Å². The number of rotatable bonds is 7. The van der Waals surface area contributed by atoms with Gasteiger partial charge >= 0.3 is 12.0 Å². The molecule has 0 radical (unpaired) electrons. The van der Waals surface area contributed by atoms with E-state index in [1.54, 1.807) is 6.20 Å². The van der Waals surface area contributed by atoms with E-state index in [0.29, 0.717) is 48.5 Å². The zero-order chi connectivity index (χ0) is 26.0. The SMILES string of the molecule is COc1ncc(-c2ccc3c(n2)C(=O)O[C@]32CC[C@H](C(=O)N(C)CCN3CCCCC3)CC2)c(OC)n1. The maximum Gasteiger partial charge on any atom is 0.358 e. The number of pyridine rings is 1. The molecule has 10 nitrogen and oxygen atoms in total. The zero-order valence-corrected chi connectivity index (χ0v) is 21.9. The van der Waals surface area contributed by atoms with Crippen LogP contribution >= 0.6 is 0 Å². The number of likely N-dealkylation sites (tertiary alicyclic amines) is 1. The largest absolute Gasteiger partial charge is 0.480 e. The third-order valence-electron chi connectivity index (χ3n) is 7.97. The van der Waals surface area contributed by atoms with Crippen LogP contribution in [0.15, 0.2) is 18.3 Å². The summed E-state index contributed by atoms with van der Waals surface area (Å²) in [5.74, 6) is 0.0154. The first-order valence-electron chi connectivity index (χ1n) is 13.1. The standard InChI is InChI=1S/C27H35N5O5/c1-31(15-16-32-13-5-4-6-14-32)24(33)18-9-11-27(12-10-18)20-7-8-21(29-22(20)25(34)37-27)19-17-28-26(36-3)30-23(19)35-2/h7-8,17-18H,4-6,9-16H2,1-3H3/t18-,27-. The second-order valence-electron chi connectivity index (χ2n) is 10.2. The maximum absolute atomic E-state index is 13.1. The number of esters is 1. The molecule has 5 rings (SSSR count). The molecule has 2 aromatic rings. The molecule has 198 valence electrons. The Bertz CT molecular complexity index is 1160. The molecule has 0 bridgehead atoms. The number of nitrogens with zero attached hydrogens (tertiary/aromatic N) is 5. The number of fused-ring (bicyclic) bond motifs is 2. The minimum atomic E-state index is -0.721. The van der Waals surface area contributed by atoms with Crippen molar-refractivity contribution in [3.05, 3.63) is 29.6 Å². The van der Waals surface area contributed by atoms with E-state index in [4.69, 9.17) is 14.2 Å². The predicted molar refractivity (Wildman–Crippen MR) is 135 cm³/mol. The van der Waals surface area contributed by atoms with Crippen LogP contribution in [0.3, 0.4) is 0 Å². The van der Waals surface area contributed by atoms with Crippen molar-refractivity contribution in [2.75, 3.05) is 47.4 Å². The van der Waals surface area contributed by atoms with Crippen molar-refractivity contribution < 1.29 is 23.8 Å². The zero-order valence-electron chi connectivity index (χ0n) is 21.9. The van der Waals surface area contributed by atoms with Crippen molar-refractivity contribution in [3.63, 3.8) is 0 Å². The average Bonchev–Trinajstić information content (AvgIpc) is 3.21. The molecule has 1 amide bonds. The van der Waals surface area contributed by atoms with Gasteiger partial charge in [0.2, 0.25) is 11.8 Å². The van der Waals surface area contributed by atoms with Crippen LogP contribution in [-0.4, -0.2) is 84.1 Å². The van der Waals surface area contributed by atoms with Gasteiger partial charge in [0.15, 0.2) is 5.69 Å². The Morgan fingerprint density at radius 1 is 1.14 bits per heavy atom. The Kier molecular flexibility index (Phi) is 7.28. The number of hydrogen-bond donors (Lipinski definition) is 0. The predicted octanol–water partition coefficient (Wildman–Crippen LogP) is 3.06. The molecular weight excluding hydrogens is 474 g/mol. The second-order valence-corrected chi connectivity index (χ2v) is 10.2. The molecule has 0 N–H and O–H groups in total. The van der Waals surface area contributed by atoms with Crippen LogP contribution in [0.25, 0.3) is 11.3 Å². The summed E-state index contributed by atoms with van der Waals surface area (Å²) in [5, 5.41) is 0. The lowest BCUT2D eigenvalue weighted by molar-refractivity contribution is -0.137. The van der Waals surface area contributed by atoms with E-state index in [2.05, 4.69) is 19.9 Å². The molecular formula is C27H35N5O5. The summed E-state index contributed by atoms with van der Waals surface area (Å²) in [4.78, 5) is 43.3. The van der Waals surface area contributed by atoms with Crippen LogP contribution in [0.2, 0.25) is 0 Å². The second kappa shape index (κ2) is 10.6. The van der Waals surface area contributed by atoms with Gasteiger partial charge in [-0.25, -0.2) is 14.8 Å². The topological polar surface area (TPSA) is 107 Å². The van der Waals surface area contributed by atoms with Crippen molar-refractivity contribution in [2.45, 2.75) is 50.5 Å². The molecule has 1 saturated carbocycles. The summed E-state index contributed by atoms with van der Waals surface area (Å²) in [6.07, 6.45) is 7.96. The van der Waals surface area contributed by atoms with Crippen molar-refractivity contribution in [1.29, 1.82) is 0 Å². The molecule has 2 aromatic heterocycles. The van der Waals surface area contributed by atoms with Gasteiger partial charge in [-0.2, -0.15) is 4.98 Å². The summed E-state index contributed by atoms with van der Waals surface area (Å²) in [6.45, 7) is 3.95. The molecule has 4 heterocycles. The first kappa shape index (κ1) is 25.4. The number of methoxy groups -OCH3 is 2. The number of ether oxygens (including phenoxy) is 3. The Hall–Kier alpha value is -3.27. The van der Waals surface area contributed by atoms with Crippen molar-refractivity contribution in [1.82, 2.24) is 24.8 Å². The van der Waals surface area contributed by atoms with E-state index in [9.17, 15) is 9.59 Å². The fourth-order valence-electron chi connectivity index (χ4n) is 5.79. The monoisotopic (exact) mass is 509 g/mol. The summed E-state index contributed by atoms with van der Waals surface area (Å²) < 4.78 is 16.4. The highest BCUT2D eigenvalue weighted by atomic mass is 16.6. The summed E-state index contributed by atoms with van der Waals surface area (Å²) in [5.41, 5.74) is 1.45. The molecule has 2 aliphatic heterocycles. The first-order chi connectivity index (χ1) is 17.9. The molecule has 1 saturated heterocycles. The average molecular weight is 510 g/mol. The number of carbonyl (C=O) groups is 2. The van der Waals surface area contributed by atoms with Gasteiger partial charge in [-0.15, -0.1) is 0 Å². The Morgan fingerprint density at radius 3 is 2.59 bits per heavy atom. The molecule has 1 aliphatic carbocycles. The van der Waals surface area contributed by atoms with Crippen LogP contribution in [0.5, 0.6) is 11.9 Å². The first-order valence-corrected chi connectivity index (χ1v) is 13.1. The van der Waals surface area contributed by atoms with Gasteiger partial charge in [0.1, 0.15) is 5.60 Å². The van der Waals surface area contributed by atoms with Crippen molar-refractivity contribution >= 4 is 11.9 Å². The maximum atomic E-state index is 13.1. The smallest absolute Gasteiger partial charge is 0.358 e. The third-order valence-corrected chi connectivity index (χ3v) is 7.97. The number of likely N-dealkylation sites (N-methyl/N-ethyl adjacent to an activating group) is 1. The molecule has 0 atom stereocenters. The van der Waals surface area contributed by atoms with Gasteiger partial charge < -0.3 is 24.0 Å². The lowest BCUT2D eigenvalue weighted by Gasteiger charge is -2.37. The lowest BCUT2D eigenvalue weighted by atomic mass is 9.75. The highest BCUT2D eigenvalue weighted by molar-refractivity contribution is 5.93. The van der Waals surface area contributed by atoms with E-state index in [1.165, 1.54) is 33.5 Å². The number of amides is 1. The van der Waals surface area contributed by atoms with E-state index >= 15 is 0 Å². The van der Waals surface area contributed by atoms with Crippen LogP contribution in [0.4, 0.5) is 0 Å². The number of piperidine rings is 1. The minimum absolute atomic E-state index is 0.0484. The lowest BCUT2D eigenvalue weighted by Crippen LogP contribution is -2.43. The summed E-state index contributed by atoms with van der Waals surface area (Å²) in [7, 11) is 4.89. The van der Waals surface area contributed by atoms with Crippen molar-refractivity contribution in [3.8, 4) is 23.1 Å². The molecule has 3 aliphatic rings. The fourth-order valence-corrected chi connectivity index (χ4v) is 5.79. The van der Waals surface area contributed by atoms with Crippen LogP contribution in [0, 0.1) is 5.92 Å². The number of hydrogen-bond acceptors (Lipinski definition) is 9. The summed E-state index contributed by atoms with van der Waals surface area (Å²) in [6, 6.07) is 3.92. The van der Waals surface area contributed by atoms with E-state index in [0.717, 1.165) is 31.7 Å². The van der Waals surface area contributed by atoms with Crippen LogP contribution in [-0.2, 0) is 15.1 Å². The Labute approximate surface area is 217 Å². The quantitative estimate of drug-likeness (QED) is 0.521. The van der Waals surface area contributed by atoms with Crippen molar-refractivity contribution in [2.24, 2.45) is 5.92 Å². The third kappa shape index (κ3) is 4.99. The summed E-state index contributed by atoms with van der Waals surface area (Å²) >= 11 is 0. The number of aromatic nitrogens is 3. The number of carbonyl (C=O) groups excluding carboxylic acids is 2. The highest BCUT2D eigenvalue weighted by Crippen LogP contribution is 2.48. The van der Waals surface area contributed by atoms with E-state index in [1.807, 2.05) is 24.1 Å². The molecule has 0 aromatic carbocycles. The molecule has 2 fully saturated rings. The van der Waals surface area contributed by atoms with Crippen LogP contribution < -0.4 is 9.47 Å². The van der Waals surface area contributed by atoms with Gasteiger partial charge in [-0.05, 0) is 57.7 Å². The highest BCUT2D eigenvalue weighted by Gasteiger charge is 2.49. The Balaban J connectivity index is 1.26. The molecule has 37 heavy (non-hydrogen) atoms. The normalized spacial score (nSPS) is 23.4. The Morgan fingerprint density at radius 2 is 1.89 bits per heavy atom. The van der Waals surface area contributed by atoms with Gasteiger partial charge in [0.05, 0.1) is 25.5 Å². The van der Waals surface area contributed by atoms with Crippen LogP contribution in [0.1, 0.15) is 61.0 Å². The molecule has 1 spiro atoms. The van der Waals surface area contributed by atoms with Gasteiger partial charge in [0, 0.05) is 37.8 Å².